The van der Waals surface area contributed by atoms with E-state index in [4.69, 9.17) is 16.6 Å². The van der Waals surface area contributed by atoms with Crippen LogP contribution in [0.2, 0.25) is 5.02 Å². The van der Waals surface area contributed by atoms with Crippen molar-refractivity contribution in [2.75, 3.05) is 35.7 Å². The van der Waals surface area contributed by atoms with Crippen LogP contribution < -0.4 is 20.9 Å². The number of benzene rings is 2. The summed E-state index contributed by atoms with van der Waals surface area (Å²) < 4.78 is 0.856. The summed E-state index contributed by atoms with van der Waals surface area (Å²) >= 11 is 11.2. The van der Waals surface area contributed by atoms with Crippen LogP contribution >= 0.6 is 38.9 Å². The highest BCUT2D eigenvalue weighted by molar-refractivity contribution is 9.10. The monoisotopic (exact) mass is 805 g/mol. The number of nitrogens with one attached hydrogen (secondary N) is 3. The summed E-state index contributed by atoms with van der Waals surface area (Å²) in [4.78, 5) is 70.6. The lowest BCUT2D eigenvalue weighted by Crippen LogP contribution is -2.52. The Hall–Kier alpha value is -4.44. The van der Waals surface area contributed by atoms with Crippen molar-refractivity contribution in [1.82, 2.24) is 30.1 Å². The average Bonchev–Trinajstić information content (AvgIpc) is 3.70. The van der Waals surface area contributed by atoms with Crippen molar-refractivity contribution >= 4 is 85.0 Å². The molecule has 0 saturated carbocycles. The van der Waals surface area contributed by atoms with Crippen LogP contribution in [-0.2, 0) is 22.7 Å². The lowest BCUT2D eigenvalue weighted by Gasteiger charge is -2.37. The first-order valence-electron chi connectivity index (χ1n) is 17.0. The Labute approximate surface area is 318 Å². The molecule has 2 aromatic carbocycles. The smallest absolute Gasteiger partial charge is 0.267 e. The molecule has 0 spiro atoms. The highest BCUT2D eigenvalue weighted by atomic mass is 79.9. The Morgan fingerprint density at radius 3 is 2.65 bits per heavy atom. The Morgan fingerprint density at radius 1 is 1.12 bits per heavy atom. The fourth-order valence-electron chi connectivity index (χ4n) is 6.98. The molecule has 0 radical (unpaired) electrons. The van der Waals surface area contributed by atoms with E-state index in [9.17, 15) is 19.2 Å². The number of carbonyl (C=O) groups excluding carboxylic acids is 4. The zero-order valence-corrected chi connectivity index (χ0v) is 32.0. The number of piperidine rings is 2. The quantitative estimate of drug-likeness (QED) is 0.177. The van der Waals surface area contributed by atoms with Gasteiger partial charge in [0, 0.05) is 54.7 Å². The molecule has 5 heterocycles. The summed E-state index contributed by atoms with van der Waals surface area (Å²) in [6, 6.07) is 11.0. The Balaban J connectivity index is 0.950. The van der Waals surface area contributed by atoms with Gasteiger partial charge in [-0.2, -0.15) is 0 Å². The maximum atomic E-state index is 13.2. The number of anilines is 4. The Morgan fingerprint density at radius 2 is 1.90 bits per heavy atom. The highest BCUT2D eigenvalue weighted by Gasteiger charge is 2.39. The number of thiazole rings is 1. The number of aryl methyl sites for hydroxylation is 2. The minimum absolute atomic E-state index is 0.181. The fourth-order valence-corrected chi connectivity index (χ4v) is 8.44. The van der Waals surface area contributed by atoms with Crippen LogP contribution in [0.25, 0.3) is 0 Å². The van der Waals surface area contributed by atoms with Gasteiger partial charge in [0.15, 0.2) is 5.13 Å². The predicted molar refractivity (Wildman–Crippen MR) is 203 cm³/mol. The van der Waals surface area contributed by atoms with Gasteiger partial charge in [0.05, 0.1) is 16.9 Å². The largest absolute Gasteiger partial charge is 0.356 e. The molecule has 1 atom stereocenters. The van der Waals surface area contributed by atoms with E-state index in [1.807, 2.05) is 38.1 Å². The number of hydrogen-bond acceptors (Lipinski definition) is 11. The second-order valence-corrected chi connectivity index (χ2v) is 15.6. The SMILES string of the molecule is Cc1nc(Nc2ncc(C(=O)Nc3c(C)cccc3Cl)s2)cc(N2CCC(N(C)Cc3cc4c(cc3Br)C(=O)N(C3CCC(=O)NC3=O)C4)CC2)n1. The molecule has 7 rings (SSSR count). The molecule has 2 aromatic heterocycles. The van der Waals surface area contributed by atoms with Crippen LogP contribution in [0.3, 0.4) is 0 Å². The Bertz CT molecular complexity index is 2070. The fraction of sp³-hybridized carbons (Fsp3) is 0.361. The molecule has 3 aliphatic rings. The van der Waals surface area contributed by atoms with Crippen LogP contribution in [0.4, 0.5) is 22.5 Å². The molecule has 0 aliphatic carbocycles. The number of halogens is 2. The normalized spacial score (nSPS) is 17.8. The molecule has 1 unspecified atom stereocenters. The second-order valence-electron chi connectivity index (χ2n) is 13.3. The van der Waals surface area contributed by atoms with Gasteiger partial charge in [0.25, 0.3) is 11.8 Å². The summed E-state index contributed by atoms with van der Waals surface area (Å²) in [5.74, 6) is 0.871. The zero-order chi connectivity index (χ0) is 36.7. The molecule has 3 aliphatic heterocycles. The summed E-state index contributed by atoms with van der Waals surface area (Å²) in [6.45, 7) is 6.41. The van der Waals surface area contributed by atoms with Crippen molar-refractivity contribution in [3.05, 3.63) is 85.0 Å². The number of imide groups is 1. The Kier molecular flexibility index (Phi) is 10.3. The molecule has 13 nitrogen and oxygen atoms in total. The van der Waals surface area contributed by atoms with Gasteiger partial charge in [-0.3, -0.25) is 29.4 Å². The molecule has 16 heteroatoms. The topological polar surface area (TPSA) is 153 Å². The third-order valence-electron chi connectivity index (χ3n) is 9.77. The third-order valence-corrected chi connectivity index (χ3v) is 11.7. The predicted octanol–water partition coefficient (Wildman–Crippen LogP) is 5.82. The summed E-state index contributed by atoms with van der Waals surface area (Å²) in [7, 11) is 2.12. The maximum absolute atomic E-state index is 13.2. The number of nitrogens with zero attached hydrogens (tertiary/aromatic N) is 6. The lowest BCUT2D eigenvalue weighted by atomic mass is 10.0. The summed E-state index contributed by atoms with van der Waals surface area (Å²) in [5.41, 5.74) is 4.01. The van der Waals surface area contributed by atoms with Gasteiger partial charge < -0.3 is 20.4 Å². The highest BCUT2D eigenvalue weighted by Crippen LogP contribution is 2.34. The molecule has 2 fully saturated rings. The van der Waals surface area contributed by atoms with Crippen molar-refractivity contribution in [2.24, 2.45) is 0 Å². The van der Waals surface area contributed by atoms with Gasteiger partial charge in [-0.1, -0.05) is 57.1 Å². The molecule has 4 amide bonds. The van der Waals surface area contributed by atoms with Gasteiger partial charge in [-0.05, 0) is 69.0 Å². The molecule has 3 N–H and O–H groups in total. The van der Waals surface area contributed by atoms with Gasteiger partial charge in [-0.25, -0.2) is 15.0 Å². The van der Waals surface area contributed by atoms with Gasteiger partial charge in [0.2, 0.25) is 11.8 Å². The first-order chi connectivity index (χ1) is 24.9. The first-order valence-corrected chi connectivity index (χ1v) is 19.0. The van der Waals surface area contributed by atoms with E-state index in [1.54, 1.807) is 11.0 Å². The van der Waals surface area contributed by atoms with Crippen LogP contribution in [0.5, 0.6) is 0 Å². The van der Waals surface area contributed by atoms with Crippen molar-refractivity contribution in [3.63, 3.8) is 0 Å². The van der Waals surface area contributed by atoms with E-state index >= 15 is 0 Å². The molecular formula is C36H37BrClN9O4S. The van der Waals surface area contributed by atoms with E-state index in [0.29, 0.717) is 63.5 Å². The molecular weight excluding hydrogens is 770 g/mol. The van der Waals surface area contributed by atoms with Crippen molar-refractivity contribution in [2.45, 2.75) is 64.7 Å². The minimum Gasteiger partial charge on any atom is -0.356 e. The molecule has 4 aromatic rings. The van der Waals surface area contributed by atoms with E-state index in [2.05, 4.69) is 64.8 Å². The molecule has 2 saturated heterocycles. The van der Waals surface area contributed by atoms with E-state index in [-0.39, 0.29) is 24.1 Å². The van der Waals surface area contributed by atoms with E-state index in [1.165, 1.54) is 17.5 Å². The number of carbonyl (C=O) groups is 4. The molecule has 0 bridgehead atoms. The van der Waals surface area contributed by atoms with Crippen LogP contribution in [0.15, 0.2) is 47.1 Å². The third kappa shape index (κ3) is 7.54. The summed E-state index contributed by atoms with van der Waals surface area (Å²) in [5, 5.41) is 9.51. The molecule has 52 heavy (non-hydrogen) atoms. The number of hydrogen-bond donors (Lipinski definition) is 3. The standard InChI is InChI=1S/C36H37BrClN9O4S/c1-19-5-4-6-26(38)32(19)44-34(50)28-16-39-36(52-28)42-29-15-30(41-20(2)40-29)46-11-9-23(10-12-46)45(3)17-22-13-21-18-47(35(51)24(21)14-25(22)37)27-7-8-31(48)43-33(27)49/h4-6,13-16,23,27H,7-12,17-18H2,1-3H3,(H,44,50)(H,43,48,49)(H,39,40,41,42). The van der Waals surface area contributed by atoms with Crippen molar-refractivity contribution in [3.8, 4) is 0 Å². The summed E-state index contributed by atoms with van der Waals surface area (Å²) in [6.07, 6.45) is 3.96. The van der Waals surface area contributed by atoms with Crippen LogP contribution in [-0.4, -0.2) is 80.6 Å². The van der Waals surface area contributed by atoms with Crippen LogP contribution in [0.1, 0.15) is 68.2 Å². The number of para-hydroxylation sites is 1. The minimum atomic E-state index is -0.637. The number of aromatic nitrogens is 3. The van der Waals surface area contributed by atoms with Crippen molar-refractivity contribution in [1.29, 1.82) is 0 Å². The number of rotatable bonds is 9. The molecule has 270 valence electrons. The average molecular weight is 807 g/mol. The number of amides is 4. The lowest BCUT2D eigenvalue weighted by molar-refractivity contribution is -0.136. The van der Waals surface area contributed by atoms with Crippen LogP contribution in [0, 0.1) is 13.8 Å². The second kappa shape index (κ2) is 14.9. The van der Waals surface area contributed by atoms with Gasteiger partial charge in [0.1, 0.15) is 28.4 Å². The zero-order valence-electron chi connectivity index (χ0n) is 28.8. The van der Waals surface area contributed by atoms with Gasteiger partial charge in [-0.15, -0.1) is 0 Å². The number of fused-ring (bicyclic) bond motifs is 1. The van der Waals surface area contributed by atoms with E-state index < -0.39 is 11.9 Å². The van der Waals surface area contributed by atoms with Crippen molar-refractivity contribution < 1.29 is 19.2 Å². The van der Waals surface area contributed by atoms with E-state index in [0.717, 1.165) is 52.9 Å². The first kappa shape index (κ1) is 35.9. The maximum Gasteiger partial charge on any atom is 0.267 e. The van der Waals surface area contributed by atoms with Gasteiger partial charge >= 0.3 is 0 Å².